The van der Waals surface area contributed by atoms with E-state index in [0.29, 0.717) is 75.6 Å². The van der Waals surface area contributed by atoms with Crippen LogP contribution in [0.25, 0.3) is 6.08 Å². The van der Waals surface area contributed by atoms with Crippen LogP contribution in [0.3, 0.4) is 0 Å². The molecule has 14 nitrogen and oxygen atoms in total. The van der Waals surface area contributed by atoms with Crippen molar-refractivity contribution in [2.24, 2.45) is 5.92 Å². The molecule has 63 heavy (non-hydrogen) atoms. The Kier molecular flexibility index (Phi) is 16.5. The van der Waals surface area contributed by atoms with Crippen LogP contribution < -0.4 is 10.6 Å². The molecule has 0 bridgehead atoms. The van der Waals surface area contributed by atoms with Gasteiger partial charge in [0.1, 0.15) is 12.6 Å². The number of aromatic nitrogens is 1. The second-order valence-corrected chi connectivity index (χ2v) is 17.8. The zero-order chi connectivity index (χ0) is 44.0. The zero-order valence-electron chi connectivity index (χ0n) is 35.8. The fourth-order valence-corrected chi connectivity index (χ4v) is 9.76. The quantitative estimate of drug-likeness (QED) is 0.0705. The Morgan fingerprint density at radius 2 is 1.63 bits per heavy atom. The molecule has 7 rings (SSSR count). The van der Waals surface area contributed by atoms with E-state index in [1.807, 2.05) is 46.2 Å². The summed E-state index contributed by atoms with van der Waals surface area (Å²) in [6, 6.07) is 16.7. The van der Waals surface area contributed by atoms with Gasteiger partial charge in [-0.05, 0) is 103 Å². The van der Waals surface area contributed by atoms with Crippen LogP contribution >= 0.6 is 11.8 Å². The number of carbonyl (C=O) groups excluding carboxylic acids is 6. The molecule has 2 aromatic carbocycles. The molecule has 1 unspecified atom stereocenters. The second-order valence-electron chi connectivity index (χ2n) is 16.6. The zero-order valence-corrected chi connectivity index (χ0v) is 36.7. The molecule has 0 spiro atoms. The number of imide groups is 1. The Labute approximate surface area is 373 Å². The third-order valence-corrected chi connectivity index (χ3v) is 13.5. The minimum atomic E-state index is -0.642. The average Bonchev–Trinajstić information content (AvgIpc) is 3.65. The molecular weight excluding hydrogens is 821 g/mol. The highest BCUT2D eigenvalue weighted by Gasteiger charge is 2.40. The molecule has 6 amide bonds. The second kappa shape index (κ2) is 22.8. The number of carbonyl (C=O) groups is 6. The van der Waals surface area contributed by atoms with Gasteiger partial charge in [-0.1, -0.05) is 37.1 Å². The number of hydrogen-bond donors (Lipinski definition) is 2. The number of amides is 6. The van der Waals surface area contributed by atoms with Crippen LogP contribution in [0.2, 0.25) is 0 Å². The SMILES string of the molecule is O=C(/C=C/c1cccnc1)NCCCCC1CCN(C(=O)c2ccc(C3CCN(C(=O)COCCOCCSc4cccc5c4CN(C4CCC(=O)NC4=O)C5=O)CC3)cc2)CC1. The molecular formula is C48H58N6O8S. The number of ether oxygens (including phenoxy) is 2. The molecule has 3 saturated heterocycles. The van der Waals surface area contributed by atoms with Gasteiger partial charge in [-0.3, -0.25) is 39.1 Å². The van der Waals surface area contributed by atoms with Gasteiger partial charge in [-0.25, -0.2) is 0 Å². The van der Waals surface area contributed by atoms with Gasteiger partial charge in [-0.2, -0.15) is 0 Å². The van der Waals surface area contributed by atoms with Gasteiger partial charge in [0.25, 0.3) is 11.8 Å². The molecule has 1 aromatic heterocycles. The Morgan fingerprint density at radius 1 is 0.857 bits per heavy atom. The fraction of sp³-hybridized carbons (Fsp3) is 0.479. The van der Waals surface area contributed by atoms with Gasteiger partial charge in [0.05, 0.1) is 19.8 Å². The van der Waals surface area contributed by atoms with Gasteiger partial charge in [-0.15, -0.1) is 11.8 Å². The smallest absolute Gasteiger partial charge is 0.255 e. The number of hydrogen-bond acceptors (Lipinski definition) is 10. The first kappa shape index (κ1) is 45.6. The molecule has 0 saturated carbocycles. The molecule has 2 N–H and O–H groups in total. The monoisotopic (exact) mass is 878 g/mol. The van der Waals surface area contributed by atoms with Gasteiger partial charge < -0.3 is 29.5 Å². The Hall–Kier alpha value is -5.38. The van der Waals surface area contributed by atoms with Crippen LogP contribution in [-0.4, -0.2) is 126 Å². The standard InChI is InChI=1S/C48H58N6O8S/c55-43(15-9-35-6-4-21-49-31-35)50-22-2-1-5-34-17-23-53(24-18-34)47(59)38-12-10-36(11-13-38)37-19-25-52(26-20-37)45(57)33-62-28-27-61-29-30-63-42-8-3-7-39-40(42)32-54(48(39)60)41-14-16-44(56)51-46(41)58/h3-4,6-13,15,21,31,34,37,41H,1-2,5,14,16-20,22-30,32-33H2,(H,50,55)(H,51,56,58)/b15-9+. The predicted octanol–water partition coefficient (Wildman–Crippen LogP) is 5.23. The molecule has 3 fully saturated rings. The number of fused-ring (bicyclic) bond motifs is 1. The van der Waals surface area contributed by atoms with Crippen molar-refractivity contribution in [1.29, 1.82) is 0 Å². The molecule has 0 radical (unpaired) electrons. The minimum absolute atomic E-state index is 0.0107. The van der Waals surface area contributed by atoms with E-state index in [-0.39, 0.29) is 42.6 Å². The summed E-state index contributed by atoms with van der Waals surface area (Å²) in [5, 5.41) is 5.29. The van der Waals surface area contributed by atoms with E-state index in [9.17, 15) is 28.8 Å². The van der Waals surface area contributed by atoms with E-state index in [1.54, 1.807) is 47.3 Å². The topological polar surface area (TPSA) is 168 Å². The van der Waals surface area contributed by atoms with Crippen LogP contribution in [0.15, 0.2) is 78.0 Å². The summed E-state index contributed by atoms with van der Waals surface area (Å²) in [6.45, 7) is 4.99. The van der Waals surface area contributed by atoms with E-state index in [4.69, 9.17) is 9.47 Å². The maximum atomic E-state index is 13.3. The normalized spacial score (nSPS) is 18.5. The number of nitrogens with zero attached hydrogens (tertiary/aromatic N) is 4. The van der Waals surface area contributed by atoms with E-state index >= 15 is 0 Å². The molecule has 1 atom stereocenters. The van der Waals surface area contributed by atoms with Crippen molar-refractivity contribution in [3.05, 3.63) is 101 Å². The van der Waals surface area contributed by atoms with E-state index < -0.39 is 11.9 Å². The summed E-state index contributed by atoms with van der Waals surface area (Å²) in [5.74, 6) is 0.643. The van der Waals surface area contributed by atoms with Crippen molar-refractivity contribution in [2.75, 3.05) is 64.9 Å². The Morgan fingerprint density at radius 3 is 2.40 bits per heavy atom. The third kappa shape index (κ3) is 12.6. The van der Waals surface area contributed by atoms with E-state index in [2.05, 4.69) is 27.8 Å². The van der Waals surface area contributed by atoms with E-state index in [1.165, 1.54) is 5.56 Å². The number of pyridine rings is 1. The summed E-state index contributed by atoms with van der Waals surface area (Å²) in [7, 11) is 0. The first-order valence-electron chi connectivity index (χ1n) is 22.3. The summed E-state index contributed by atoms with van der Waals surface area (Å²) in [6.07, 6.45) is 14.1. The summed E-state index contributed by atoms with van der Waals surface area (Å²) < 4.78 is 11.4. The van der Waals surface area contributed by atoms with Gasteiger partial charge in [0, 0.05) is 85.9 Å². The number of unbranched alkanes of at least 4 members (excludes halogenated alkanes) is 1. The highest BCUT2D eigenvalue weighted by Crippen LogP contribution is 2.34. The molecule has 4 aliphatic rings. The number of piperidine rings is 3. The minimum Gasteiger partial charge on any atom is -0.378 e. The highest BCUT2D eigenvalue weighted by atomic mass is 32.2. The maximum absolute atomic E-state index is 13.3. The van der Waals surface area contributed by atoms with Crippen molar-refractivity contribution < 1.29 is 38.2 Å². The number of thioether (sulfide) groups is 1. The van der Waals surface area contributed by atoms with Crippen molar-refractivity contribution in [1.82, 2.24) is 30.3 Å². The fourth-order valence-electron chi connectivity index (χ4n) is 8.82. The predicted molar refractivity (Wildman–Crippen MR) is 239 cm³/mol. The van der Waals surface area contributed by atoms with Crippen molar-refractivity contribution in [2.45, 2.75) is 81.2 Å². The van der Waals surface area contributed by atoms with Gasteiger partial charge >= 0.3 is 0 Å². The number of likely N-dealkylation sites (tertiary alicyclic amines) is 2. The first-order chi connectivity index (χ1) is 30.7. The maximum Gasteiger partial charge on any atom is 0.255 e. The van der Waals surface area contributed by atoms with E-state index in [0.717, 1.165) is 79.6 Å². The lowest BCUT2D eigenvalue weighted by Crippen LogP contribution is -2.52. The molecule has 334 valence electrons. The van der Waals surface area contributed by atoms with Crippen molar-refractivity contribution in [3.63, 3.8) is 0 Å². The highest BCUT2D eigenvalue weighted by molar-refractivity contribution is 7.99. The third-order valence-electron chi connectivity index (χ3n) is 12.5. The number of rotatable bonds is 19. The lowest BCUT2D eigenvalue weighted by Gasteiger charge is -2.33. The van der Waals surface area contributed by atoms with Gasteiger partial charge in [0.2, 0.25) is 23.6 Å². The van der Waals surface area contributed by atoms with Gasteiger partial charge in [0.15, 0.2) is 0 Å². The van der Waals surface area contributed by atoms with Crippen molar-refractivity contribution in [3.8, 4) is 0 Å². The molecule has 5 heterocycles. The average molecular weight is 879 g/mol. The molecule has 15 heteroatoms. The molecule has 0 aliphatic carbocycles. The molecule has 4 aliphatic heterocycles. The van der Waals surface area contributed by atoms with Crippen LogP contribution in [0, 0.1) is 5.92 Å². The largest absolute Gasteiger partial charge is 0.378 e. The lowest BCUT2D eigenvalue weighted by atomic mass is 9.88. The summed E-state index contributed by atoms with van der Waals surface area (Å²) in [4.78, 5) is 85.8. The summed E-state index contributed by atoms with van der Waals surface area (Å²) in [5.41, 5.74) is 4.30. The lowest BCUT2D eigenvalue weighted by molar-refractivity contribution is -0.138. The number of nitrogens with one attached hydrogen (secondary N) is 2. The first-order valence-corrected chi connectivity index (χ1v) is 23.3. The number of benzene rings is 2. The van der Waals surface area contributed by atoms with Crippen LogP contribution in [0.5, 0.6) is 0 Å². The van der Waals surface area contributed by atoms with Crippen LogP contribution in [0.4, 0.5) is 0 Å². The Bertz CT molecular complexity index is 2100. The van der Waals surface area contributed by atoms with Crippen LogP contribution in [-0.2, 0) is 35.2 Å². The van der Waals surface area contributed by atoms with Crippen molar-refractivity contribution >= 4 is 53.3 Å². The van der Waals surface area contributed by atoms with Crippen LogP contribution in [0.1, 0.15) is 101 Å². The molecule has 3 aromatic rings. The summed E-state index contributed by atoms with van der Waals surface area (Å²) >= 11 is 1.59. The Balaban J connectivity index is 0.715.